The van der Waals surface area contributed by atoms with Crippen molar-refractivity contribution in [2.24, 2.45) is 5.10 Å². The monoisotopic (exact) mass is 286 g/mol. The summed E-state index contributed by atoms with van der Waals surface area (Å²) in [6, 6.07) is 5.29. The van der Waals surface area contributed by atoms with Crippen molar-refractivity contribution in [1.82, 2.24) is 0 Å². The molecule has 0 saturated carbocycles. The molecule has 2 nitrogen and oxygen atoms in total. The zero-order chi connectivity index (χ0) is 14.7. The predicted molar refractivity (Wildman–Crippen MR) is 63.9 cm³/mol. The average Bonchev–Trinajstić information content (AvgIpc) is 2.40. The molecule has 0 radical (unpaired) electrons. The van der Waals surface area contributed by atoms with Gasteiger partial charge in [0.1, 0.15) is 11.5 Å². The van der Waals surface area contributed by atoms with Gasteiger partial charge in [-0.25, -0.2) is 22.0 Å². The topological polar surface area (TPSA) is 24.4 Å². The lowest BCUT2D eigenvalue weighted by atomic mass is 10.2. The molecule has 2 rings (SSSR count). The zero-order valence-electron chi connectivity index (χ0n) is 9.80. The van der Waals surface area contributed by atoms with Gasteiger partial charge >= 0.3 is 0 Å². The van der Waals surface area contributed by atoms with Gasteiger partial charge in [-0.2, -0.15) is 5.10 Å². The van der Waals surface area contributed by atoms with Gasteiger partial charge in [0, 0.05) is 6.07 Å². The number of anilines is 1. The fourth-order valence-corrected chi connectivity index (χ4v) is 1.43. The van der Waals surface area contributed by atoms with Crippen LogP contribution in [-0.4, -0.2) is 6.21 Å². The molecule has 2 aromatic rings. The second kappa shape index (κ2) is 5.68. The molecule has 0 aliphatic rings. The Morgan fingerprint density at radius 3 is 2.15 bits per heavy atom. The van der Waals surface area contributed by atoms with Crippen molar-refractivity contribution in [3.8, 4) is 0 Å². The van der Waals surface area contributed by atoms with E-state index in [4.69, 9.17) is 0 Å². The molecule has 0 aliphatic heterocycles. The van der Waals surface area contributed by atoms with Gasteiger partial charge in [0.15, 0.2) is 23.3 Å². The van der Waals surface area contributed by atoms with Crippen LogP contribution in [0.4, 0.5) is 27.6 Å². The maximum Gasteiger partial charge on any atom is 0.186 e. The minimum Gasteiger partial charge on any atom is -0.272 e. The number of nitrogens with zero attached hydrogens (tertiary/aromatic N) is 1. The molecular formula is C13H7F5N2. The highest BCUT2D eigenvalue weighted by molar-refractivity contribution is 5.80. The maximum absolute atomic E-state index is 13.3. The summed E-state index contributed by atoms with van der Waals surface area (Å²) < 4.78 is 65.2. The van der Waals surface area contributed by atoms with Gasteiger partial charge in [-0.15, -0.1) is 0 Å². The molecule has 0 unspecified atom stereocenters. The molecule has 1 N–H and O–H groups in total. The summed E-state index contributed by atoms with van der Waals surface area (Å²) in [4.78, 5) is 0. The van der Waals surface area contributed by atoms with Crippen molar-refractivity contribution in [3.05, 3.63) is 65.0 Å². The Hall–Kier alpha value is -2.44. The van der Waals surface area contributed by atoms with Crippen LogP contribution in [0.25, 0.3) is 0 Å². The number of hydrogen-bond acceptors (Lipinski definition) is 2. The van der Waals surface area contributed by atoms with E-state index >= 15 is 0 Å². The van der Waals surface area contributed by atoms with Crippen molar-refractivity contribution in [3.63, 3.8) is 0 Å². The van der Waals surface area contributed by atoms with Gasteiger partial charge in [0.05, 0.1) is 6.21 Å². The third-order valence-electron chi connectivity index (χ3n) is 2.35. The van der Waals surface area contributed by atoms with Gasteiger partial charge in [0.25, 0.3) is 0 Å². The number of hydrogen-bond donors (Lipinski definition) is 1. The first-order chi connectivity index (χ1) is 9.49. The van der Waals surface area contributed by atoms with Crippen LogP contribution in [0.15, 0.2) is 35.4 Å². The molecule has 0 spiro atoms. The third kappa shape index (κ3) is 2.93. The van der Waals surface area contributed by atoms with Crippen LogP contribution in [0.2, 0.25) is 0 Å². The van der Waals surface area contributed by atoms with E-state index in [0.29, 0.717) is 5.56 Å². The van der Waals surface area contributed by atoms with Crippen molar-refractivity contribution < 1.29 is 22.0 Å². The standard InChI is InChI=1S/C13H7F5N2/c14-8-3-1-2-7(4-8)6-19-20-13-11(17)9(15)5-10(16)12(13)18/h1-6,20H. The van der Waals surface area contributed by atoms with E-state index < -0.39 is 34.8 Å². The molecular weight excluding hydrogens is 279 g/mol. The minimum atomic E-state index is -1.60. The van der Waals surface area contributed by atoms with E-state index in [1.54, 1.807) is 0 Å². The molecule has 0 bridgehead atoms. The second-order valence-electron chi connectivity index (χ2n) is 3.77. The summed E-state index contributed by atoms with van der Waals surface area (Å²) in [6.45, 7) is 0. The van der Waals surface area contributed by atoms with E-state index in [-0.39, 0.29) is 6.07 Å². The summed E-state index contributed by atoms with van der Waals surface area (Å²) >= 11 is 0. The molecule has 0 aromatic heterocycles. The van der Waals surface area contributed by atoms with Crippen LogP contribution < -0.4 is 5.43 Å². The fraction of sp³-hybridized carbons (Fsp3) is 0. The Balaban J connectivity index is 2.23. The maximum atomic E-state index is 13.3. The molecule has 0 fully saturated rings. The summed E-state index contributed by atoms with van der Waals surface area (Å²) in [5, 5.41) is 3.40. The van der Waals surface area contributed by atoms with Gasteiger partial charge < -0.3 is 0 Å². The van der Waals surface area contributed by atoms with E-state index in [1.165, 1.54) is 18.2 Å². The van der Waals surface area contributed by atoms with Crippen LogP contribution in [0.5, 0.6) is 0 Å². The van der Waals surface area contributed by atoms with E-state index in [1.807, 2.05) is 5.43 Å². The summed E-state index contributed by atoms with van der Waals surface area (Å²) in [7, 11) is 0. The third-order valence-corrected chi connectivity index (χ3v) is 2.35. The quantitative estimate of drug-likeness (QED) is 0.394. The highest BCUT2D eigenvalue weighted by atomic mass is 19.2. The molecule has 0 atom stereocenters. The normalized spacial score (nSPS) is 11.1. The molecule has 20 heavy (non-hydrogen) atoms. The summed E-state index contributed by atoms with van der Waals surface area (Å²) in [6.07, 6.45) is 1.05. The zero-order valence-corrected chi connectivity index (χ0v) is 9.80. The average molecular weight is 286 g/mol. The highest BCUT2D eigenvalue weighted by Crippen LogP contribution is 2.23. The Kier molecular flexibility index (Phi) is 3.97. The van der Waals surface area contributed by atoms with E-state index in [0.717, 1.165) is 12.3 Å². The number of nitrogens with one attached hydrogen (secondary N) is 1. The van der Waals surface area contributed by atoms with Crippen molar-refractivity contribution >= 4 is 11.9 Å². The SMILES string of the molecule is Fc1cccc(C=NNc2c(F)c(F)cc(F)c2F)c1. The minimum absolute atomic E-state index is 0.0894. The molecule has 0 saturated heterocycles. The Bertz CT molecular complexity index is 644. The number of halogens is 5. The van der Waals surface area contributed by atoms with Crippen molar-refractivity contribution in [2.45, 2.75) is 0 Å². The molecule has 2 aromatic carbocycles. The first-order valence-corrected chi connectivity index (χ1v) is 5.36. The molecule has 0 amide bonds. The van der Waals surface area contributed by atoms with Gasteiger partial charge in [-0.3, -0.25) is 5.43 Å². The molecule has 7 heteroatoms. The second-order valence-corrected chi connectivity index (χ2v) is 3.77. The van der Waals surface area contributed by atoms with E-state index in [2.05, 4.69) is 5.10 Å². The molecule has 0 aliphatic carbocycles. The lowest BCUT2D eigenvalue weighted by Crippen LogP contribution is -2.02. The number of benzene rings is 2. The van der Waals surface area contributed by atoms with Gasteiger partial charge in [-0.1, -0.05) is 12.1 Å². The van der Waals surface area contributed by atoms with Crippen LogP contribution in [0.3, 0.4) is 0 Å². The largest absolute Gasteiger partial charge is 0.272 e. The first-order valence-electron chi connectivity index (χ1n) is 5.36. The van der Waals surface area contributed by atoms with E-state index in [9.17, 15) is 22.0 Å². The van der Waals surface area contributed by atoms with Crippen LogP contribution in [0.1, 0.15) is 5.56 Å². The summed E-state index contributed by atoms with van der Waals surface area (Å²) in [5.41, 5.74) is 1.09. The van der Waals surface area contributed by atoms with Crippen LogP contribution in [0, 0.1) is 29.1 Å². The lowest BCUT2D eigenvalue weighted by molar-refractivity contribution is 0.458. The van der Waals surface area contributed by atoms with Crippen LogP contribution >= 0.6 is 0 Å². The van der Waals surface area contributed by atoms with Crippen molar-refractivity contribution in [2.75, 3.05) is 5.43 Å². The highest BCUT2D eigenvalue weighted by Gasteiger charge is 2.18. The smallest absolute Gasteiger partial charge is 0.186 e. The van der Waals surface area contributed by atoms with Gasteiger partial charge in [-0.05, 0) is 17.7 Å². The van der Waals surface area contributed by atoms with Crippen molar-refractivity contribution in [1.29, 1.82) is 0 Å². The molecule has 104 valence electrons. The lowest BCUT2D eigenvalue weighted by Gasteiger charge is -2.05. The Morgan fingerprint density at radius 2 is 1.55 bits per heavy atom. The van der Waals surface area contributed by atoms with Crippen LogP contribution in [-0.2, 0) is 0 Å². The summed E-state index contributed by atoms with van der Waals surface area (Å²) in [5.74, 6) is -6.82. The predicted octanol–water partition coefficient (Wildman–Crippen LogP) is 3.83. The Morgan fingerprint density at radius 1 is 0.900 bits per heavy atom. The molecule has 0 heterocycles. The fourth-order valence-electron chi connectivity index (χ4n) is 1.43. The first kappa shape index (κ1) is 14.0. The number of hydrazone groups is 1. The Labute approximate surface area is 110 Å². The number of rotatable bonds is 3. The van der Waals surface area contributed by atoms with Gasteiger partial charge in [0.2, 0.25) is 0 Å².